The molecule has 2 rings (SSSR count). The molecular formula is C16H21F3N2O. The van der Waals surface area contributed by atoms with Gasteiger partial charge in [0, 0.05) is 12.1 Å². The molecule has 0 saturated carbocycles. The number of likely N-dealkylation sites (tertiary alicyclic amines) is 1. The Kier molecular flexibility index (Phi) is 5.45. The lowest BCUT2D eigenvalue weighted by Crippen LogP contribution is -2.40. The number of halogens is 3. The molecule has 1 N–H and O–H groups in total. The van der Waals surface area contributed by atoms with Crippen LogP contribution in [0.4, 0.5) is 18.9 Å². The summed E-state index contributed by atoms with van der Waals surface area (Å²) in [7, 11) is 0. The number of hydrogen-bond acceptors (Lipinski definition) is 2. The molecule has 1 aromatic carbocycles. The highest BCUT2D eigenvalue weighted by Crippen LogP contribution is 2.30. The van der Waals surface area contributed by atoms with Gasteiger partial charge < -0.3 is 5.32 Å². The minimum absolute atomic E-state index is 0.122. The average molecular weight is 314 g/mol. The molecule has 0 spiro atoms. The van der Waals surface area contributed by atoms with Gasteiger partial charge in [-0.1, -0.05) is 18.2 Å². The first-order chi connectivity index (χ1) is 10.3. The van der Waals surface area contributed by atoms with Crippen molar-refractivity contribution in [1.82, 2.24) is 4.90 Å². The van der Waals surface area contributed by atoms with Gasteiger partial charge in [0.2, 0.25) is 5.91 Å². The van der Waals surface area contributed by atoms with Crippen molar-refractivity contribution in [1.29, 1.82) is 0 Å². The van der Waals surface area contributed by atoms with Crippen LogP contribution in [0.5, 0.6) is 0 Å². The largest absolute Gasteiger partial charge is 0.389 e. The van der Waals surface area contributed by atoms with Gasteiger partial charge in [-0.25, -0.2) is 0 Å². The Morgan fingerprint density at radius 3 is 2.50 bits per heavy atom. The van der Waals surface area contributed by atoms with Gasteiger partial charge in [-0.3, -0.25) is 9.69 Å². The van der Waals surface area contributed by atoms with E-state index in [1.165, 1.54) is 0 Å². The van der Waals surface area contributed by atoms with Crippen molar-refractivity contribution in [3.63, 3.8) is 0 Å². The van der Waals surface area contributed by atoms with Crippen molar-refractivity contribution in [3.05, 3.63) is 29.8 Å². The summed E-state index contributed by atoms with van der Waals surface area (Å²) >= 11 is 0. The predicted molar refractivity (Wildman–Crippen MR) is 79.6 cm³/mol. The Hall–Kier alpha value is -1.56. The summed E-state index contributed by atoms with van der Waals surface area (Å²) in [5, 5.41) is 2.85. The van der Waals surface area contributed by atoms with Crippen molar-refractivity contribution in [3.8, 4) is 0 Å². The predicted octanol–water partition coefficient (Wildman–Crippen LogP) is 3.60. The van der Waals surface area contributed by atoms with Gasteiger partial charge in [0.25, 0.3) is 0 Å². The number of alkyl halides is 3. The van der Waals surface area contributed by atoms with Gasteiger partial charge in [-0.2, -0.15) is 13.2 Å². The first-order valence-corrected chi connectivity index (χ1v) is 7.48. The highest BCUT2D eigenvalue weighted by atomic mass is 19.4. The van der Waals surface area contributed by atoms with E-state index in [2.05, 4.69) is 5.32 Å². The van der Waals surface area contributed by atoms with E-state index >= 15 is 0 Å². The minimum Gasteiger partial charge on any atom is -0.325 e. The third-order valence-corrected chi connectivity index (χ3v) is 4.01. The zero-order valence-electron chi connectivity index (χ0n) is 12.6. The molecule has 1 saturated heterocycles. The number of nitrogens with zero attached hydrogens (tertiary/aromatic N) is 1. The second-order valence-electron chi connectivity index (χ2n) is 5.90. The Balaban J connectivity index is 1.76. The van der Waals surface area contributed by atoms with Crippen LogP contribution in [0.25, 0.3) is 0 Å². The number of piperidine rings is 1. The van der Waals surface area contributed by atoms with Crippen LogP contribution in [0.2, 0.25) is 0 Å². The van der Waals surface area contributed by atoms with E-state index in [0.29, 0.717) is 25.9 Å². The maximum Gasteiger partial charge on any atom is 0.389 e. The molecule has 6 heteroatoms. The number of aryl methyl sites for hydroxylation is 1. The molecule has 0 unspecified atom stereocenters. The SMILES string of the molecule is Cc1ccccc1NC(=O)CN1CCC(CC(F)(F)F)CC1. The molecule has 1 fully saturated rings. The zero-order valence-corrected chi connectivity index (χ0v) is 12.6. The van der Waals surface area contributed by atoms with Crippen molar-refractivity contribution >= 4 is 11.6 Å². The maximum atomic E-state index is 12.3. The highest BCUT2D eigenvalue weighted by molar-refractivity contribution is 5.92. The monoisotopic (exact) mass is 314 g/mol. The lowest BCUT2D eigenvalue weighted by molar-refractivity contribution is -0.147. The number of anilines is 1. The first-order valence-electron chi connectivity index (χ1n) is 7.48. The van der Waals surface area contributed by atoms with Gasteiger partial charge in [0.1, 0.15) is 0 Å². The summed E-state index contributed by atoms with van der Waals surface area (Å²) in [6.07, 6.45) is -3.81. The van der Waals surface area contributed by atoms with Crippen LogP contribution in [-0.2, 0) is 4.79 Å². The van der Waals surface area contributed by atoms with Gasteiger partial charge in [0.15, 0.2) is 0 Å². The molecule has 0 radical (unpaired) electrons. The van der Waals surface area contributed by atoms with Gasteiger partial charge in [0.05, 0.1) is 6.54 Å². The smallest absolute Gasteiger partial charge is 0.325 e. The summed E-state index contributed by atoms with van der Waals surface area (Å²) in [6.45, 7) is 3.23. The lowest BCUT2D eigenvalue weighted by atomic mass is 9.93. The number of amides is 1. The van der Waals surface area contributed by atoms with E-state index < -0.39 is 12.6 Å². The quantitative estimate of drug-likeness (QED) is 0.921. The van der Waals surface area contributed by atoms with E-state index in [4.69, 9.17) is 0 Å². The summed E-state index contributed by atoms with van der Waals surface area (Å²) in [5.41, 5.74) is 1.76. The molecule has 22 heavy (non-hydrogen) atoms. The van der Waals surface area contributed by atoms with E-state index in [0.717, 1.165) is 11.3 Å². The van der Waals surface area contributed by atoms with Crippen LogP contribution >= 0.6 is 0 Å². The lowest BCUT2D eigenvalue weighted by Gasteiger charge is -2.31. The molecule has 1 aliphatic rings. The van der Waals surface area contributed by atoms with E-state index in [1.54, 1.807) is 0 Å². The molecule has 3 nitrogen and oxygen atoms in total. The number of nitrogens with one attached hydrogen (secondary N) is 1. The molecule has 1 aromatic rings. The molecular weight excluding hydrogens is 293 g/mol. The van der Waals surface area contributed by atoms with Crippen LogP contribution in [0.3, 0.4) is 0 Å². The van der Waals surface area contributed by atoms with Crippen molar-refractivity contribution < 1.29 is 18.0 Å². The third-order valence-electron chi connectivity index (χ3n) is 4.01. The fourth-order valence-electron chi connectivity index (χ4n) is 2.78. The topological polar surface area (TPSA) is 32.3 Å². The number of rotatable bonds is 4. The van der Waals surface area contributed by atoms with Crippen molar-refractivity contribution in [2.24, 2.45) is 5.92 Å². The summed E-state index contributed by atoms with van der Waals surface area (Å²) in [6, 6.07) is 7.50. The highest BCUT2D eigenvalue weighted by Gasteiger charge is 2.33. The second-order valence-corrected chi connectivity index (χ2v) is 5.90. The van der Waals surface area contributed by atoms with Crippen molar-refractivity contribution in [2.45, 2.75) is 32.4 Å². The minimum atomic E-state index is -4.09. The Labute approximate surface area is 128 Å². The molecule has 1 heterocycles. The maximum absolute atomic E-state index is 12.3. The number of carbonyl (C=O) groups is 1. The average Bonchev–Trinajstić information content (AvgIpc) is 2.42. The molecule has 0 aromatic heterocycles. The second kappa shape index (κ2) is 7.13. The van der Waals surface area contributed by atoms with Gasteiger partial charge in [-0.15, -0.1) is 0 Å². The number of para-hydroxylation sites is 1. The standard InChI is InChI=1S/C16H21F3N2O/c1-12-4-2-3-5-14(12)20-15(22)11-21-8-6-13(7-9-21)10-16(17,18)19/h2-5,13H,6-11H2,1H3,(H,20,22). The first kappa shape index (κ1) is 16.8. The summed E-state index contributed by atoms with van der Waals surface area (Å²) in [5.74, 6) is -0.431. The fourth-order valence-corrected chi connectivity index (χ4v) is 2.78. The van der Waals surface area contributed by atoms with Crippen LogP contribution in [0, 0.1) is 12.8 Å². The molecule has 122 valence electrons. The molecule has 0 bridgehead atoms. The molecule has 0 aliphatic carbocycles. The number of carbonyl (C=O) groups excluding carboxylic acids is 1. The third kappa shape index (κ3) is 5.33. The number of hydrogen-bond donors (Lipinski definition) is 1. The van der Waals surface area contributed by atoms with E-state index in [-0.39, 0.29) is 18.4 Å². The Morgan fingerprint density at radius 2 is 1.91 bits per heavy atom. The fraction of sp³-hybridized carbons (Fsp3) is 0.562. The molecule has 1 aliphatic heterocycles. The zero-order chi connectivity index (χ0) is 16.2. The molecule has 1 amide bonds. The van der Waals surface area contributed by atoms with Crippen LogP contribution in [0.1, 0.15) is 24.8 Å². The van der Waals surface area contributed by atoms with Crippen LogP contribution in [-0.4, -0.2) is 36.6 Å². The van der Waals surface area contributed by atoms with Crippen molar-refractivity contribution in [2.75, 3.05) is 25.0 Å². The van der Waals surface area contributed by atoms with E-state index in [1.807, 2.05) is 36.1 Å². The number of benzene rings is 1. The normalized spacial score (nSPS) is 17.5. The van der Waals surface area contributed by atoms with Gasteiger partial charge >= 0.3 is 6.18 Å². The van der Waals surface area contributed by atoms with Crippen LogP contribution < -0.4 is 5.32 Å². The van der Waals surface area contributed by atoms with Gasteiger partial charge in [-0.05, 0) is 50.4 Å². The Morgan fingerprint density at radius 1 is 1.27 bits per heavy atom. The Bertz CT molecular complexity index is 508. The van der Waals surface area contributed by atoms with E-state index in [9.17, 15) is 18.0 Å². The van der Waals surface area contributed by atoms with Crippen LogP contribution in [0.15, 0.2) is 24.3 Å². The molecule has 0 atom stereocenters. The summed E-state index contributed by atoms with van der Waals surface area (Å²) < 4.78 is 37.0. The summed E-state index contributed by atoms with van der Waals surface area (Å²) in [4.78, 5) is 13.9.